The van der Waals surface area contributed by atoms with Gasteiger partial charge in [0.25, 0.3) is 5.91 Å². The molecule has 6 heteroatoms. The van der Waals surface area contributed by atoms with Crippen molar-refractivity contribution in [1.82, 2.24) is 5.32 Å². The van der Waals surface area contributed by atoms with Crippen molar-refractivity contribution in [3.8, 4) is 0 Å². The van der Waals surface area contributed by atoms with E-state index in [0.29, 0.717) is 17.8 Å². The fourth-order valence-corrected chi connectivity index (χ4v) is 2.27. The van der Waals surface area contributed by atoms with Gasteiger partial charge in [0.1, 0.15) is 0 Å². The molecule has 126 valence electrons. The summed E-state index contributed by atoms with van der Waals surface area (Å²) in [7, 11) is 0. The first-order chi connectivity index (χ1) is 11.6. The molecule has 2 aromatic rings. The standard InChI is InChI=1S/C18H20BrN3O2/c1-2-11-20-18(24)13-3-7-16(8-4-13)22-17(23)12-21-15-9-5-14(19)6-10-15/h3-10,21H,2,11-12H2,1H3,(H,20,24)(H,22,23). The van der Waals surface area contributed by atoms with Gasteiger partial charge in [-0.3, -0.25) is 9.59 Å². The van der Waals surface area contributed by atoms with Crippen molar-refractivity contribution in [2.45, 2.75) is 13.3 Å². The van der Waals surface area contributed by atoms with E-state index in [-0.39, 0.29) is 18.4 Å². The molecule has 0 fully saturated rings. The van der Waals surface area contributed by atoms with Crippen LogP contribution >= 0.6 is 15.9 Å². The van der Waals surface area contributed by atoms with Crippen LogP contribution in [0.1, 0.15) is 23.7 Å². The maximum Gasteiger partial charge on any atom is 0.251 e. The summed E-state index contributed by atoms with van der Waals surface area (Å²) in [6.45, 7) is 2.82. The molecule has 2 aromatic carbocycles. The van der Waals surface area contributed by atoms with Crippen LogP contribution in [0.15, 0.2) is 53.0 Å². The van der Waals surface area contributed by atoms with Crippen LogP contribution in [0.5, 0.6) is 0 Å². The number of hydrogen-bond donors (Lipinski definition) is 3. The van der Waals surface area contributed by atoms with Crippen LogP contribution in [-0.2, 0) is 4.79 Å². The molecule has 0 aliphatic heterocycles. The van der Waals surface area contributed by atoms with Crippen LogP contribution in [0.2, 0.25) is 0 Å². The summed E-state index contributed by atoms with van der Waals surface area (Å²) < 4.78 is 0.987. The van der Waals surface area contributed by atoms with Gasteiger partial charge in [-0.2, -0.15) is 0 Å². The molecule has 0 unspecified atom stereocenters. The lowest BCUT2D eigenvalue weighted by molar-refractivity contribution is -0.114. The van der Waals surface area contributed by atoms with Crippen molar-refractivity contribution in [2.75, 3.05) is 23.7 Å². The lowest BCUT2D eigenvalue weighted by Crippen LogP contribution is -2.24. The summed E-state index contributed by atoms with van der Waals surface area (Å²) in [5.74, 6) is -0.257. The van der Waals surface area contributed by atoms with Crippen LogP contribution in [0.25, 0.3) is 0 Å². The van der Waals surface area contributed by atoms with Crippen molar-refractivity contribution in [2.24, 2.45) is 0 Å². The summed E-state index contributed by atoms with van der Waals surface area (Å²) in [6.07, 6.45) is 0.894. The van der Waals surface area contributed by atoms with Crippen molar-refractivity contribution in [3.05, 3.63) is 58.6 Å². The summed E-state index contributed by atoms with van der Waals surface area (Å²) in [5, 5.41) is 8.65. The second kappa shape index (κ2) is 9.08. The number of hydrogen-bond acceptors (Lipinski definition) is 3. The van der Waals surface area contributed by atoms with E-state index in [1.807, 2.05) is 31.2 Å². The Morgan fingerprint density at radius 1 is 0.958 bits per heavy atom. The van der Waals surface area contributed by atoms with E-state index in [9.17, 15) is 9.59 Å². The van der Waals surface area contributed by atoms with Crippen molar-refractivity contribution in [3.63, 3.8) is 0 Å². The number of carbonyl (C=O) groups excluding carboxylic acids is 2. The van der Waals surface area contributed by atoms with Gasteiger partial charge in [0.05, 0.1) is 6.54 Å². The molecule has 0 heterocycles. The van der Waals surface area contributed by atoms with E-state index in [1.54, 1.807) is 24.3 Å². The fourth-order valence-electron chi connectivity index (χ4n) is 2.00. The summed E-state index contributed by atoms with van der Waals surface area (Å²) in [6, 6.07) is 14.4. The third kappa shape index (κ3) is 5.70. The molecule has 0 aliphatic rings. The monoisotopic (exact) mass is 389 g/mol. The van der Waals surface area contributed by atoms with Gasteiger partial charge in [-0.05, 0) is 55.0 Å². The fraction of sp³-hybridized carbons (Fsp3) is 0.222. The molecular formula is C18H20BrN3O2. The maximum absolute atomic E-state index is 12.0. The number of nitrogens with one attached hydrogen (secondary N) is 3. The van der Waals surface area contributed by atoms with Gasteiger partial charge in [-0.15, -0.1) is 0 Å². The van der Waals surface area contributed by atoms with Gasteiger partial charge >= 0.3 is 0 Å². The number of rotatable bonds is 7. The van der Waals surface area contributed by atoms with Crippen molar-refractivity contribution in [1.29, 1.82) is 0 Å². The van der Waals surface area contributed by atoms with Gasteiger partial charge < -0.3 is 16.0 Å². The van der Waals surface area contributed by atoms with Crippen LogP contribution in [0.4, 0.5) is 11.4 Å². The summed E-state index contributed by atoms with van der Waals surface area (Å²) in [4.78, 5) is 23.8. The Bertz CT molecular complexity index is 684. The topological polar surface area (TPSA) is 70.2 Å². The molecule has 3 N–H and O–H groups in total. The Kier molecular flexibility index (Phi) is 6.81. The van der Waals surface area contributed by atoms with E-state index >= 15 is 0 Å². The first kappa shape index (κ1) is 18.0. The van der Waals surface area contributed by atoms with Gasteiger partial charge in [0, 0.05) is 28.0 Å². The van der Waals surface area contributed by atoms with E-state index in [0.717, 1.165) is 16.6 Å². The number of benzene rings is 2. The normalized spacial score (nSPS) is 10.1. The number of amides is 2. The predicted octanol–water partition coefficient (Wildman–Crippen LogP) is 3.64. The SMILES string of the molecule is CCCNC(=O)c1ccc(NC(=O)CNc2ccc(Br)cc2)cc1. The quantitative estimate of drug-likeness (QED) is 0.676. The summed E-state index contributed by atoms with van der Waals surface area (Å²) in [5.41, 5.74) is 2.11. The first-order valence-electron chi connectivity index (χ1n) is 7.76. The van der Waals surface area contributed by atoms with E-state index in [1.165, 1.54) is 0 Å². The maximum atomic E-state index is 12.0. The van der Waals surface area contributed by atoms with Crippen molar-refractivity contribution >= 4 is 39.1 Å². The van der Waals surface area contributed by atoms with Crippen LogP contribution in [0.3, 0.4) is 0 Å². The molecule has 0 bridgehead atoms. The van der Waals surface area contributed by atoms with Crippen molar-refractivity contribution < 1.29 is 9.59 Å². The van der Waals surface area contributed by atoms with Crippen LogP contribution in [-0.4, -0.2) is 24.9 Å². The zero-order valence-electron chi connectivity index (χ0n) is 13.4. The zero-order chi connectivity index (χ0) is 17.4. The molecule has 0 aliphatic carbocycles. The average molecular weight is 390 g/mol. The largest absolute Gasteiger partial charge is 0.376 e. The molecule has 5 nitrogen and oxygen atoms in total. The highest BCUT2D eigenvalue weighted by Gasteiger charge is 2.06. The third-order valence-electron chi connectivity index (χ3n) is 3.26. The van der Waals surface area contributed by atoms with Gasteiger partial charge in [0.2, 0.25) is 5.91 Å². The highest BCUT2D eigenvalue weighted by Crippen LogP contribution is 2.14. The summed E-state index contributed by atoms with van der Waals surface area (Å²) >= 11 is 3.36. The minimum Gasteiger partial charge on any atom is -0.376 e. The molecule has 0 spiro atoms. The lowest BCUT2D eigenvalue weighted by Gasteiger charge is -2.09. The molecule has 2 amide bonds. The Morgan fingerprint density at radius 2 is 1.58 bits per heavy atom. The molecule has 2 rings (SSSR count). The average Bonchev–Trinajstić information content (AvgIpc) is 2.60. The zero-order valence-corrected chi connectivity index (χ0v) is 15.0. The van der Waals surface area contributed by atoms with E-state index in [4.69, 9.17) is 0 Å². The highest BCUT2D eigenvalue weighted by molar-refractivity contribution is 9.10. The Morgan fingerprint density at radius 3 is 2.21 bits per heavy atom. The van der Waals surface area contributed by atoms with E-state index in [2.05, 4.69) is 31.9 Å². The first-order valence-corrected chi connectivity index (χ1v) is 8.55. The number of halogens is 1. The smallest absolute Gasteiger partial charge is 0.251 e. The molecular weight excluding hydrogens is 370 g/mol. The van der Waals surface area contributed by atoms with Crippen LogP contribution < -0.4 is 16.0 Å². The second-order valence-corrected chi connectivity index (χ2v) is 6.16. The molecule has 0 saturated carbocycles. The highest BCUT2D eigenvalue weighted by atomic mass is 79.9. The van der Waals surface area contributed by atoms with Gasteiger partial charge in [-0.1, -0.05) is 22.9 Å². The lowest BCUT2D eigenvalue weighted by atomic mass is 10.2. The van der Waals surface area contributed by atoms with Gasteiger partial charge in [-0.25, -0.2) is 0 Å². The molecule has 0 radical (unpaired) electrons. The van der Waals surface area contributed by atoms with E-state index < -0.39 is 0 Å². The second-order valence-electron chi connectivity index (χ2n) is 5.24. The number of carbonyl (C=O) groups is 2. The molecule has 0 saturated heterocycles. The Hall–Kier alpha value is -2.34. The van der Waals surface area contributed by atoms with Crippen LogP contribution in [0, 0.1) is 0 Å². The minimum atomic E-state index is -0.152. The predicted molar refractivity (Wildman–Crippen MR) is 100 cm³/mol. The molecule has 0 atom stereocenters. The Balaban J connectivity index is 1.83. The van der Waals surface area contributed by atoms with Gasteiger partial charge in [0.15, 0.2) is 0 Å². The molecule has 24 heavy (non-hydrogen) atoms. The Labute approximate surface area is 150 Å². The minimum absolute atomic E-state index is 0.105. The molecule has 0 aromatic heterocycles. The third-order valence-corrected chi connectivity index (χ3v) is 3.79. The number of anilines is 2.